The summed E-state index contributed by atoms with van der Waals surface area (Å²) in [6.07, 6.45) is 2.45. The zero-order valence-corrected chi connectivity index (χ0v) is 12.2. The lowest BCUT2D eigenvalue weighted by atomic mass is 10.1. The first-order valence-electron chi connectivity index (χ1n) is 6.13. The standard InChI is InChI=1S/C13H15BrFN3O/c1-2-3-9(16)7-12-17-13(18-19-12)10-6-8(15)4-5-11(10)14/h4-6,9H,2-3,7,16H2,1H3. The van der Waals surface area contributed by atoms with Crippen molar-refractivity contribution in [3.05, 3.63) is 34.4 Å². The molecular formula is C13H15BrFN3O. The fraction of sp³-hybridized carbons (Fsp3) is 0.385. The van der Waals surface area contributed by atoms with Crippen molar-refractivity contribution < 1.29 is 8.91 Å². The summed E-state index contributed by atoms with van der Waals surface area (Å²) < 4.78 is 19.1. The molecular weight excluding hydrogens is 313 g/mol. The van der Waals surface area contributed by atoms with Crippen molar-refractivity contribution in [3.63, 3.8) is 0 Å². The number of nitrogens with two attached hydrogens (primary N) is 1. The Morgan fingerprint density at radius 3 is 3.00 bits per heavy atom. The van der Waals surface area contributed by atoms with E-state index in [-0.39, 0.29) is 11.9 Å². The van der Waals surface area contributed by atoms with Crippen molar-refractivity contribution in [2.45, 2.75) is 32.2 Å². The summed E-state index contributed by atoms with van der Waals surface area (Å²) >= 11 is 3.34. The van der Waals surface area contributed by atoms with Crippen molar-refractivity contribution in [2.24, 2.45) is 5.73 Å². The molecule has 1 atom stereocenters. The van der Waals surface area contributed by atoms with E-state index in [2.05, 4.69) is 33.0 Å². The van der Waals surface area contributed by atoms with Crippen LogP contribution in [0.15, 0.2) is 27.2 Å². The molecule has 1 aromatic heterocycles. The average molecular weight is 328 g/mol. The van der Waals surface area contributed by atoms with Gasteiger partial charge < -0.3 is 10.3 Å². The van der Waals surface area contributed by atoms with Crippen LogP contribution in [0.2, 0.25) is 0 Å². The number of hydrogen-bond donors (Lipinski definition) is 1. The molecule has 0 spiro atoms. The van der Waals surface area contributed by atoms with Gasteiger partial charge in [-0.05, 0) is 24.6 Å². The van der Waals surface area contributed by atoms with E-state index < -0.39 is 0 Å². The minimum absolute atomic E-state index is 0.00856. The molecule has 0 fully saturated rings. The molecule has 0 radical (unpaired) electrons. The van der Waals surface area contributed by atoms with Crippen LogP contribution in [0.5, 0.6) is 0 Å². The second-order valence-corrected chi connectivity index (χ2v) is 5.24. The molecule has 4 nitrogen and oxygen atoms in total. The van der Waals surface area contributed by atoms with Crippen LogP contribution >= 0.6 is 15.9 Å². The first-order valence-corrected chi connectivity index (χ1v) is 6.93. The van der Waals surface area contributed by atoms with Gasteiger partial charge in [-0.2, -0.15) is 4.98 Å². The molecule has 2 aromatic rings. The summed E-state index contributed by atoms with van der Waals surface area (Å²) in [5, 5.41) is 3.86. The summed E-state index contributed by atoms with van der Waals surface area (Å²) in [7, 11) is 0. The highest BCUT2D eigenvalue weighted by Crippen LogP contribution is 2.26. The molecule has 0 aliphatic rings. The van der Waals surface area contributed by atoms with E-state index in [0.717, 1.165) is 17.3 Å². The molecule has 2 N–H and O–H groups in total. The zero-order chi connectivity index (χ0) is 13.8. The summed E-state index contributed by atoms with van der Waals surface area (Å²) in [6, 6.07) is 4.36. The lowest BCUT2D eigenvalue weighted by Gasteiger charge is -2.05. The molecule has 6 heteroatoms. The topological polar surface area (TPSA) is 64.9 Å². The Hall–Kier alpha value is -1.27. The summed E-state index contributed by atoms with van der Waals surface area (Å²) in [5.41, 5.74) is 6.49. The van der Waals surface area contributed by atoms with Crippen LogP contribution in [-0.4, -0.2) is 16.2 Å². The van der Waals surface area contributed by atoms with E-state index in [0.29, 0.717) is 23.7 Å². The predicted octanol–water partition coefficient (Wildman–Crippen LogP) is 3.31. The van der Waals surface area contributed by atoms with Gasteiger partial charge in [0.2, 0.25) is 11.7 Å². The van der Waals surface area contributed by atoms with Crippen LogP contribution in [0.3, 0.4) is 0 Å². The molecule has 0 saturated carbocycles. The van der Waals surface area contributed by atoms with Crippen LogP contribution in [0.4, 0.5) is 4.39 Å². The fourth-order valence-electron chi connectivity index (χ4n) is 1.81. The monoisotopic (exact) mass is 327 g/mol. The lowest BCUT2D eigenvalue weighted by Crippen LogP contribution is -2.22. The maximum Gasteiger partial charge on any atom is 0.228 e. The van der Waals surface area contributed by atoms with Gasteiger partial charge in [-0.15, -0.1) is 0 Å². The Morgan fingerprint density at radius 2 is 2.26 bits per heavy atom. The third-order valence-corrected chi connectivity index (χ3v) is 3.43. The van der Waals surface area contributed by atoms with E-state index in [1.165, 1.54) is 12.1 Å². The SMILES string of the molecule is CCCC(N)Cc1nc(-c2cc(F)ccc2Br)no1. The van der Waals surface area contributed by atoms with Gasteiger partial charge in [-0.25, -0.2) is 4.39 Å². The predicted molar refractivity (Wildman–Crippen MR) is 74.0 cm³/mol. The molecule has 0 aliphatic carbocycles. The van der Waals surface area contributed by atoms with E-state index in [9.17, 15) is 4.39 Å². The molecule has 1 heterocycles. The first-order chi connectivity index (χ1) is 9.10. The van der Waals surface area contributed by atoms with Crippen LogP contribution in [0.25, 0.3) is 11.4 Å². The third kappa shape index (κ3) is 3.61. The van der Waals surface area contributed by atoms with Gasteiger partial charge >= 0.3 is 0 Å². The maximum atomic E-state index is 13.2. The Labute approximate surface area is 119 Å². The lowest BCUT2D eigenvalue weighted by molar-refractivity contribution is 0.366. The van der Waals surface area contributed by atoms with E-state index in [1.54, 1.807) is 6.07 Å². The average Bonchev–Trinajstić information content (AvgIpc) is 2.81. The molecule has 0 bridgehead atoms. The number of benzene rings is 1. The van der Waals surface area contributed by atoms with Crippen molar-refractivity contribution in [1.29, 1.82) is 0 Å². The minimum Gasteiger partial charge on any atom is -0.339 e. The van der Waals surface area contributed by atoms with Crippen LogP contribution in [0, 0.1) is 5.82 Å². The number of aromatic nitrogens is 2. The quantitative estimate of drug-likeness (QED) is 0.914. The van der Waals surface area contributed by atoms with Crippen molar-refractivity contribution in [2.75, 3.05) is 0 Å². The second kappa shape index (κ2) is 6.25. The largest absolute Gasteiger partial charge is 0.339 e. The van der Waals surface area contributed by atoms with Crippen LogP contribution < -0.4 is 5.73 Å². The van der Waals surface area contributed by atoms with Crippen LogP contribution in [-0.2, 0) is 6.42 Å². The van der Waals surface area contributed by atoms with Gasteiger partial charge in [0.25, 0.3) is 0 Å². The first kappa shape index (κ1) is 14.1. The Kier molecular flexibility index (Phi) is 4.66. The molecule has 1 aromatic carbocycles. The zero-order valence-electron chi connectivity index (χ0n) is 10.6. The third-order valence-electron chi connectivity index (χ3n) is 2.73. The minimum atomic E-state index is -0.341. The van der Waals surface area contributed by atoms with Crippen LogP contribution in [0.1, 0.15) is 25.7 Å². The number of hydrogen-bond acceptors (Lipinski definition) is 4. The number of halogens is 2. The Morgan fingerprint density at radius 1 is 1.47 bits per heavy atom. The summed E-state index contributed by atoms with van der Waals surface area (Å²) in [5.74, 6) is 0.504. The van der Waals surface area contributed by atoms with Gasteiger partial charge in [0.1, 0.15) is 5.82 Å². The Bertz CT molecular complexity index is 559. The highest BCUT2D eigenvalue weighted by molar-refractivity contribution is 9.10. The maximum absolute atomic E-state index is 13.2. The fourth-order valence-corrected chi connectivity index (χ4v) is 2.24. The molecule has 2 rings (SSSR count). The molecule has 0 aliphatic heterocycles. The Balaban J connectivity index is 2.18. The van der Waals surface area contributed by atoms with Crippen molar-refractivity contribution in [3.8, 4) is 11.4 Å². The molecule has 0 amide bonds. The molecule has 0 saturated heterocycles. The van der Waals surface area contributed by atoms with E-state index >= 15 is 0 Å². The van der Waals surface area contributed by atoms with Gasteiger partial charge in [0.05, 0.1) is 0 Å². The number of nitrogens with zero attached hydrogens (tertiary/aromatic N) is 2. The highest BCUT2D eigenvalue weighted by atomic mass is 79.9. The number of rotatable bonds is 5. The van der Waals surface area contributed by atoms with E-state index in [4.69, 9.17) is 10.3 Å². The van der Waals surface area contributed by atoms with Gasteiger partial charge in [0.15, 0.2) is 0 Å². The van der Waals surface area contributed by atoms with Gasteiger partial charge in [-0.1, -0.05) is 34.4 Å². The van der Waals surface area contributed by atoms with Gasteiger partial charge in [0, 0.05) is 22.5 Å². The smallest absolute Gasteiger partial charge is 0.228 e. The highest BCUT2D eigenvalue weighted by Gasteiger charge is 2.14. The summed E-state index contributed by atoms with van der Waals surface area (Å²) in [6.45, 7) is 2.07. The molecule has 1 unspecified atom stereocenters. The normalized spacial score (nSPS) is 12.6. The van der Waals surface area contributed by atoms with E-state index in [1.807, 2.05) is 0 Å². The molecule has 19 heavy (non-hydrogen) atoms. The molecule has 102 valence electrons. The van der Waals surface area contributed by atoms with Crippen molar-refractivity contribution in [1.82, 2.24) is 10.1 Å². The second-order valence-electron chi connectivity index (χ2n) is 4.39. The van der Waals surface area contributed by atoms with Crippen molar-refractivity contribution >= 4 is 15.9 Å². The van der Waals surface area contributed by atoms with Gasteiger partial charge in [-0.3, -0.25) is 0 Å². The summed E-state index contributed by atoms with van der Waals surface area (Å²) in [4.78, 5) is 4.25.